The normalized spacial score (nSPS) is 13.6. The smallest absolute Gasteiger partial charge is 0.337 e. The molecule has 0 radical (unpaired) electrons. The molecular weight excluding hydrogens is 607 g/mol. The van der Waals surface area contributed by atoms with Crippen LogP contribution in [-0.2, 0) is 15.7 Å². The molecule has 5 nitrogen and oxygen atoms in total. The van der Waals surface area contributed by atoms with Gasteiger partial charge in [0.25, 0.3) is 0 Å². The lowest BCUT2D eigenvalue weighted by molar-refractivity contribution is 0.0600. The number of aromatic nitrogens is 1. The summed E-state index contributed by atoms with van der Waals surface area (Å²) >= 11 is 6.70. The lowest BCUT2D eigenvalue weighted by atomic mass is 9.88. The molecule has 4 aromatic carbocycles. The fraction of sp³-hybridized carbons (Fsp3) is 0.135. The summed E-state index contributed by atoms with van der Waals surface area (Å²) in [7, 11) is -0.403. The lowest BCUT2D eigenvalue weighted by Gasteiger charge is -2.19. The van der Waals surface area contributed by atoms with Crippen molar-refractivity contribution < 1.29 is 18.1 Å². The molecular formula is C37H28ClFN2O3S. The number of methoxy groups -OCH3 is 1. The number of fused-ring (bicyclic) bond motifs is 1. The molecule has 1 atom stereocenters. The summed E-state index contributed by atoms with van der Waals surface area (Å²) in [6.45, 7) is 3.90. The Hall–Kier alpha value is -4.77. The van der Waals surface area contributed by atoms with Crippen LogP contribution < -0.4 is 0 Å². The van der Waals surface area contributed by atoms with Crippen molar-refractivity contribution in [1.82, 2.24) is 3.97 Å². The van der Waals surface area contributed by atoms with Gasteiger partial charge in [0.05, 0.1) is 40.4 Å². The minimum atomic E-state index is -1.72. The minimum Gasteiger partial charge on any atom is -0.465 e. The minimum absolute atomic E-state index is 0.347. The highest BCUT2D eigenvalue weighted by Crippen LogP contribution is 2.44. The Labute approximate surface area is 268 Å². The van der Waals surface area contributed by atoms with Crippen LogP contribution in [0, 0.1) is 31.0 Å². The zero-order chi connectivity index (χ0) is 31.8. The Morgan fingerprint density at radius 3 is 2.44 bits per heavy atom. The first-order valence-electron chi connectivity index (χ1n) is 14.3. The number of nitrogens with zero attached hydrogens (tertiary/aromatic N) is 2. The number of carbonyl (C=O) groups excluding carboxylic acids is 1. The molecule has 1 unspecified atom stereocenters. The molecule has 8 heteroatoms. The van der Waals surface area contributed by atoms with E-state index >= 15 is 0 Å². The second-order valence-corrected chi connectivity index (χ2v) is 12.7. The van der Waals surface area contributed by atoms with Gasteiger partial charge < -0.3 is 4.74 Å². The van der Waals surface area contributed by atoms with E-state index in [0.717, 1.165) is 27.8 Å². The predicted molar refractivity (Wildman–Crippen MR) is 178 cm³/mol. The van der Waals surface area contributed by atoms with Gasteiger partial charge in [0.15, 0.2) is 11.0 Å². The zero-order valence-electron chi connectivity index (χ0n) is 24.9. The molecule has 0 amide bonds. The predicted octanol–water partition coefficient (Wildman–Crippen LogP) is 9.21. The molecule has 1 heterocycles. The van der Waals surface area contributed by atoms with Gasteiger partial charge in [-0.25, -0.2) is 13.4 Å². The Kier molecular flexibility index (Phi) is 8.28. The number of nitriles is 1. The largest absolute Gasteiger partial charge is 0.465 e. The number of hydrogen-bond acceptors (Lipinski definition) is 4. The summed E-state index contributed by atoms with van der Waals surface area (Å²) in [5.74, 6) is -0.917. The average Bonchev–Trinajstić information content (AvgIpc) is 3.38. The third-order valence-electron chi connectivity index (χ3n) is 7.96. The number of aryl methyl sites for hydroxylation is 2. The van der Waals surface area contributed by atoms with E-state index in [4.69, 9.17) is 16.3 Å². The van der Waals surface area contributed by atoms with Crippen LogP contribution in [0.4, 0.5) is 4.39 Å². The summed E-state index contributed by atoms with van der Waals surface area (Å²) in [6, 6.07) is 24.8. The van der Waals surface area contributed by atoms with Crippen molar-refractivity contribution >= 4 is 50.6 Å². The van der Waals surface area contributed by atoms with Gasteiger partial charge in [-0.15, -0.1) is 0 Å². The Morgan fingerprint density at radius 2 is 1.73 bits per heavy atom. The first kappa shape index (κ1) is 30.3. The Bertz CT molecular complexity index is 2140. The second kappa shape index (κ2) is 12.3. The summed E-state index contributed by atoms with van der Waals surface area (Å²) in [5, 5.41) is 11.1. The van der Waals surface area contributed by atoms with E-state index in [1.807, 2.05) is 56.3 Å². The number of esters is 1. The van der Waals surface area contributed by atoms with Gasteiger partial charge in [-0.05, 0) is 98.0 Å². The molecule has 0 aliphatic heterocycles. The molecule has 224 valence electrons. The van der Waals surface area contributed by atoms with Gasteiger partial charge in [0.2, 0.25) is 0 Å². The van der Waals surface area contributed by atoms with Crippen LogP contribution in [0.5, 0.6) is 0 Å². The number of benzene rings is 4. The molecule has 0 saturated heterocycles. The molecule has 1 aliphatic rings. The number of hydrogen-bond donors (Lipinski definition) is 0. The van der Waals surface area contributed by atoms with E-state index in [2.05, 4.69) is 12.1 Å². The first-order chi connectivity index (χ1) is 21.7. The molecule has 6 rings (SSSR count). The van der Waals surface area contributed by atoms with Crippen LogP contribution >= 0.6 is 11.6 Å². The van der Waals surface area contributed by atoms with Crippen LogP contribution in [-0.4, -0.2) is 21.3 Å². The van der Waals surface area contributed by atoms with Crippen molar-refractivity contribution in [2.24, 2.45) is 0 Å². The molecule has 5 aromatic rings. The monoisotopic (exact) mass is 634 g/mol. The SMILES string of the molecule is COC(=O)c1ccc(C2=CC(c3c(-c4cc(C)ccc4C#N)c4cc(F)ccc4n3S(=O)c3ccc(C)cc3)=CCC2)c(Cl)c1. The van der Waals surface area contributed by atoms with E-state index in [9.17, 15) is 18.7 Å². The Balaban J connectivity index is 1.66. The van der Waals surface area contributed by atoms with Crippen molar-refractivity contribution in [1.29, 1.82) is 5.26 Å². The van der Waals surface area contributed by atoms with E-state index in [1.165, 1.54) is 19.2 Å². The first-order valence-corrected chi connectivity index (χ1v) is 15.8. The maximum atomic E-state index is 15.0. The fourth-order valence-electron chi connectivity index (χ4n) is 5.76. The third kappa shape index (κ3) is 5.64. The van der Waals surface area contributed by atoms with Gasteiger partial charge in [-0.3, -0.25) is 3.97 Å². The van der Waals surface area contributed by atoms with E-state index in [0.29, 0.717) is 61.6 Å². The number of rotatable bonds is 6. The number of carbonyl (C=O) groups is 1. The maximum Gasteiger partial charge on any atom is 0.337 e. The molecule has 45 heavy (non-hydrogen) atoms. The highest BCUT2D eigenvalue weighted by Gasteiger charge is 2.28. The highest BCUT2D eigenvalue weighted by atomic mass is 35.5. The van der Waals surface area contributed by atoms with E-state index in [-0.39, 0.29) is 0 Å². The zero-order valence-corrected chi connectivity index (χ0v) is 26.4. The van der Waals surface area contributed by atoms with Crippen molar-refractivity contribution in [3.63, 3.8) is 0 Å². The van der Waals surface area contributed by atoms with Crippen LogP contribution in [0.3, 0.4) is 0 Å². The number of halogens is 2. The molecule has 1 aromatic heterocycles. The van der Waals surface area contributed by atoms with Gasteiger partial charge in [-0.1, -0.05) is 59.1 Å². The highest BCUT2D eigenvalue weighted by molar-refractivity contribution is 7.83. The van der Waals surface area contributed by atoms with Crippen LogP contribution in [0.25, 0.3) is 33.2 Å². The van der Waals surface area contributed by atoms with Crippen molar-refractivity contribution in [2.75, 3.05) is 7.11 Å². The summed E-state index contributed by atoms with van der Waals surface area (Å²) in [6.07, 6.45) is 5.40. The fourth-order valence-corrected chi connectivity index (χ4v) is 7.35. The van der Waals surface area contributed by atoms with Crippen molar-refractivity contribution in [2.45, 2.75) is 31.6 Å². The molecule has 1 aliphatic carbocycles. The number of allylic oxidation sites excluding steroid dienone is 4. The average molecular weight is 635 g/mol. The van der Waals surface area contributed by atoms with Crippen molar-refractivity contribution in [3.05, 3.63) is 135 Å². The van der Waals surface area contributed by atoms with E-state index < -0.39 is 22.8 Å². The van der Waals surface area contributed by atoms with Gasteiger partial charge in [-0.2, -0.15) is 5.26 Å². The molecule has 0 saturated carbocycles. The standard InChI is InChI=1S/C37H28ClFN2O3S/c1-22-8-13-29(14-9-22)45(43)41-34-16-12-28(39)20-32(34)35(31-17-23(2)7-10-27(31)21-40)36(41)25-6-4-5-24(18-25)30-15-11-26(19-33(30)38)37(42)44-3/h6-20H,4-5H2,1-3H3. The molecule has 0 spiro atoms. The third-order valence-corrected chi connectivity index (χ3v) is 9.66. The quantitative estimate of drug-likeness (QED) is 0.175. The van der Waals surface area contributed by atoms with Crippen LogP contribution in [0.15, 0.2) is 95.9 Å². The summed E-state index contributed by atoms with van der Waals surface area (Å²) < 4.78 is 36.1. The van der Waals surface area contributed by atoms with Gasteiger partial charge in [0.1, 0.15) is 5.82 Å². The number of ether oxygens (including phenoxy) is 1. The van der Waals surface area contributed by atoms with Crippen LogP contribution in [0.1, 0.15) is 51.1 Å². The summed E-state index contributed by atoms with van der Waals surface area (Å²) in [5.41, 5.74) is 7.63. The van der Waals surface area contributed by atoms with Crippen LogP contribution in [0.2, 0.25) is 5.02 Å². The van der Waals surface area contributed by atoms with Gasteiger partial charge >= 0.3 is 5.97 Å². The lowest BCUT2D eigenvalue weighted by Crippen LogP contribution is -2.10. The molecule has 0 N–H and O–H groups in total. The summed E-state index contributed by atoms with van der Waals surface area (Å²) in [4.78, 5) is 12.7. The maximum absolute atomic E-state index is 15.0. The second-order valence-electron chi connectivity index (χ2n) is 11.0. The van der Waals surface area contributed by atoms with E-state index in [1.54, 1.807) is 34.3 Å². The van der Waals surface area contributed by atoms with Crippen molar-refractivity contribution in [3.8, 4) is 17.2 Å². The molecule has 0 fully saturated rings. The van der Waals surface area contributed by atoms with Gasteiger partial charge in [0, 0.05) is 21.5 Å². The topological polar surface area (TPSA) is 72.1 Å². The molecule has 0 bridgehead atoms. The Morgan fingerprint density at radius 1 is 0.978 bits per heavy atom.